The van der Waals surface area contributed by atoms with Crippen LogP contribution in [-0.4, -0.2) is 59.4 Å². The number of carbonyl (C=O) groups excluding carboxylic acids is 4. The van der Waals surface area contributed by atoms with Crippen LogP contribution in [0.5, 0.6) is 0 Å². The summed E-state index contributed by atoms with van der Waals surface area (Å²) in [6.45, 7) is 6.65. The van der Waals surface area contributed by atoms with Gasteiger partial charge in [-0.1, -0.05) is 40.5 Å². The molecule has 0 aromatic rings. The van der Waals surface area contributed by atoms with Gasteiger partial charge in [0.05, 0.1) is 13.0 Å². The lowest BCUT2D eigenvalue weighted by Crippen LogP contribution is -2.58. The van der Waals surface area contributed by atoms with E-state index in [2.05, 4.69) is 16.0 Å². The fourth-order valence-electron chi connectivity index (χ4n) is 2.54. The van der Waals surface area contributed by atoms with Gasteiger partial charge in [-0.15, -0.1) is 0 Å². The number of nitrogens with one attached hydrogen (secondary N) is 3. The molecular weight excluding hydrogens is 382 g/mol. The second-order valence-electron chi connectivity index (χ2n) is 7.08. The zero-order chi connectivity index (χ0) is 22.7. The summed E-state index contributed by atoms with van der Waals surface area (Å²) in [7, 11) is 0. The summed E-state index contributed by atoms with van der Waals surface area (Å²) < 4.78 is 0. The summed E-state index contributed by atoms with van der Waals surface area (Å²) in [6.07, 6.45) is 0.512. The summed E-state index contributed by atoms with van der Waals surface area (Å²) in [5.74, 6) is -4.84. The number of rotatable bonds is 13. The first-order chi connectivity index (χ1) is 13.5. The quantitative estimate of drug-likeness (QED) is 0.209. The number of aliphatic carboxylic acids is 1. The molecular formula is C18H33N5O6. The molecule has 8 N–H and O–H groups in total. The van der Waals surface area contributed by atoms with E-state index in [0.29, 0.717) is 12.8 Å². The minimum absolute atomic E-state index is 0.283. The van der Waals surface area contributed by atoms with E-state index in [-0.39, 0.29) is 18.4 Å². The van der Waals surface area contributed by atoms with Crippen LogP contribution >= 0.6 is 0 Å². The third-order valence-electron chi connectivity index (χ3n) is 4.81. The summed E-state index contributed by atoms with van der Waals surface area (Å²) in [6, 6.07) is -3.56. The Bertz CT molecular complexity index is 612. The third kappa shape index (κ3) is 8.90. The smallest absolute Gasteiger partial charge is 0.326 e. The lowest BCUT2D eigenvalue weighted by molar-refractivity contribution is -0.144. The first-order valence-electron chi connectivity index (χ1n) is 9.59. The summed E-state index contributed by atoms with van der Waals surface area (Å²) >= 11 is 0. The molecule has 0 aromatic heterocycles. The van der Waals surface area contributed by atoms with Gasteiger partial charge in [0.2, 0.25) is 23.6 Å². The fraction of sp³-hybridized carbons (Fsp3) is 0.722. The van der Waals surface area contributed by atoms with Crippen molar-refractivity contribution in [3.05, 3.63) is 0 Å². The zero-order valence-electron chi connectivity index (χ0n) is 17.4. The van der Waals surface area contributed by atoms with Crippen molar-refractivity contribution in [3.63, 3.8) is 0 Å². The molecule has 11 heteroatoms. The number of carboxylic acid groups (broad SMARTS) is 1. The lowest BCUT2D eigenvalue weighted by atomic mass is 9.97. The van der Waals surface area contributed by atoms with E-state index in [1.165, 1.54) is 0 Å². The first-order valence-corrected chi connectivity index (χ1v) is 9.59. The summed E-state index contributed by atoms with van der Waals surface area (Å²) in [4.78, 5) is 59.7. The van der Waals surface area contributed by atoms with Gasteiger partial charge in [0.15, 0.2) is 0 Å². The molecule has 0 aliphatic carbocycles. The molecule has 0 aromatic carbocycles. The van der Waals surface area contributed by atoms with E-state index in [4.69, 9.17) is 11.5 Å². The maximum absolute atomic E-state index is 12.7. The van der Waals surface area contributed by atoms with Crippen molar-refractivity contribution in [2.45, 2.75) is 65.1 Å². The van der Waals surface area contributed by atoms with Gasteiger partial charge in [0.25, 0.3) is 0 Å². The fourth-order valence-corrected chi connectivity index (χ4v) is 2.54. The normalized spacial score (nSPS) is 15.9. The topological polar surface area (TPSA) is 194 Å². The highest BCUT2D eigenvalue weighted by Gasteiger charge is 2.33. The molecule has 5 unspecified atom stereocenters. The third-order valence-corrected chi connectivity index (χ3v) is 4.81. The SMILES string of the molecule is CCC(C)C(NC(=O)C(CC(N)=O)NC(=O)C(NC(=O)CN)C(C)CC)C(=O)O. The van der Waals surface area contributed by atoms with Gasteiger partial charge in [-0.05, 0) is 11.8 Å². The second kappa shape index (κ2) is 12.7. The number of hydrogen-bond donors (Lipinski definition) is 6. The first kappa shape index (κ1) is 26.3. The van der Waals surface area contributed by atoms with Crippen molar-refractivity contribution in [1.29, 1.82) is 0 Å². The van der Waals surface area contributed by atoms with Gasteiger partial charge in [0, 0.05) is 0 Å². The van der Waals surface area contributed by atoms with E-state index in [0.717, 1.165) is 0 Å². The van der Waals surface area contributed by atoms with Gasteiger partial charge in [0.1, 0.15) is 18.1 Å². The zero-order valence-corrected chi connectivity index (χ0v) is 17.4. The Balaban J connectivity index is 5.50. The molecule has 0 radical (unpaired) electrons. The van der Waals surface area contributed by atoms with E-state index in [9.17, 15) is 29.1 Å². The van der Waals surface area contributed by atoms with Gasteiger partial charge in [-0.2, -0.15) is 0 Å². The van der Waals surface area contributed by atoms with Crippen LogP contribution in [0.1, 0.15) is 47.0 Å². The Morgan fingerprint density at radius 1 is 0.862 bits per heavy atom. The maximum atomic E-state index is 12.7. The van der Waals surface area contributed by atoms with Gasteiger partial charge < -0.3 is 32.5 Å². The number of carboxylic acids is 1. The lowest BCUT2D eigenvalue weighted by Gasteiger charge is -2.27. The van der Waals surface area contributed by atoms with Crippen LogP contribution in [0, 0.1) is 11.8 Å². The van der Waals surface area contributed by atoms with E-state index in [1.54, 1.807) is 20.8 Å². The molecule has 29 heavy (non-hydrogen) atoms. The van der Waals surface area contributed by atoms with Crippen LogP contribution in [0.4, 0.5) is 0 Å². The number of amides is 4. The Morgan fingerprint density at radius 3 is 1.79 bits per heavy atom. The van der Waals surface area contributed by atoms with Crippen LogP contribution in [0.3, 0.4) is 0 Å². The number of carbonyl (C=O) groups is 5. The molecule has 166 valence electrons. The average Bonchev–Trinajstić information content (AvgIpc) is 2.67. The predicted molar refractivity (Wildman–Crippen MR) is 105 cm³/mol. The summed E-state index contributed by atoms with van der Waals surface area (Å²) in [5, 5.41) is 16.6. The summed E-state index contributed by atoms with van der Waals surface area (Å²) in [5.41, 5.74) is 10.5. The number of primary amides is 1. The highest BCUT2D eigenvalue weighted by atomic mass is 16.4. The van der Waals surface area contributed by atoms with Crippen molar-refractivity contribution < 1.29 is 29.1 Å². The second-order valence-corrected chi connectivity index (χ2v) is 7.08. The molecule has 0 rings (SSSR count). The van der Waals surface area contributed by atoms with Crippen molar-refractivity contribution >= 4 is 29.6 Å². The maximum Gasteiger partial charge on any atom is 0.326 e. The van der Waals surface area contributed by atoms with Crippen LogP contribution in [0.15, 0.2) is 0 Å². The van der Waals surface area contributed by atoms with Crippen molar-refractivity contribution in [2.75, 3.05) is 6.54 Å². The molecule has 11 nitrogen and oxygen atoms in total. The van der Waals surface area contributed by atoms with Crippen molar-refractivity contribution in [3.8, 4) is 0 Å². The molecule has 0 saturated heterocycles. The van der Waals surface area contributed by atoms with Gasteiger partial charge in [-0.3, -0.25) is 19.2 Å². The van der Waals surface area contributed by atoms with Crippen molar-refractivity contribution in [2.24, 2.45) is 23.3 Å². The van der Waals surface area contributed by atoms with Gasteiger partial charge in [-0.25, -0.2) is 4.79 Å². The number of hydrogen-bond acceptors (Lipinski definition) is 6. The van der Waals surface area contributed by atoms with Crippen LogP contribution in [-0.2, 0) is 24.0 Å². The number of nitrogens with two attached hydrogens (primary N) is 2. The molecule has 0 bridgehead atoms. The molecule has 4 amide bonds. The van der Waals surface area contributed by atoms with E-state index in [1.807, 2.05) is 6.92 Å². The minimum Gasteiger partial charge on any atom is -0.480 e. The molecule has 5 atom stereocenters. The van der Waals surface area contributed by atoms with Crippen molar-refractivity contribution in [1.82, 2.24) is 16.0 Å². The largest absolute Gasteiger partial charge is 0.480 e. The van der Waals surface area contributed by atoms with E-state index >= 15 is 0 Å². The highest BCUT2D eigenvalue weighted by molar-refractivity contribution is 5.95. The molecule has 0 heterocycles. The highest BCUT2D eigenvalue weighted by Crippen LogP contribution is 2.11. The predicted octanol–water partition coefficient (Wildman–Crippen LogP) is -1.55. The van der Waals surface area contributed by atoms with Crippen LogP contribution in [0.2, 0.25) is 0 Å². The Hall–Kier alpha value is -2.69. The standard InChI is InChI=1S/C18H33N5O6/c1-5-9(3)14(22-13(25)8-19)17(27)21-11(7-12(20)24)16(26)23-15(18(28)29)10(4)6-2/h9-11,14-15H,5-8,19H2,1-4H3,(H2,20,24)(H,21,27)(H,22,25)(H,23,26)(H,28,29). The molecule has 0 spiro atoms. The molecule has 0 aliphatic heterocycles. The molecule has 0 saturated carbocycles. The minimum atomic E-state index is -1.38. The van der Waals surface area contributed by atoms with Gasteiger partial charge >= 0.3 is 5.97 Å². The van der Waals surface area contributed by atoms with Crippen LogP contribution < -0.4 is 27.4 Å². The molecule has 0 fully saturated rings. The Labute approximate surface area is 170 Å². The van der Waals surface area contributed by atoms with Crippen LogP contribution in [0.25, 0.3) is 0 Å². The average molecular weight is 415 g/mol. The Morgan fingerprint density at radius 2 is 1.38 bits per heavy atom. The van der Waals surface area contributed by atoms with E-state index < -0.39 is 54.1 Å². The monoisotopic (exact) mass is 415 g/mol. The Kier molecular flexibility index (Phi) is 11.5. The molecule has 0 aliphatic rings.